The van der Waals surface area contributed by atoms with Gasteiger partial charge in [-0.15, -0.1) is 0 Å². The summed E-state index contributed by atoms with van der Waals surface area (Å²) >= 11 is 0. The van der Waals surface area contributed by atoms with Crippen molar-refractivity contribution in [3.05, 3.63) is 0 Å². The summed E-state index contributed by atoms with van der Waals surface area (Å²) in [4.78, 5) is 105. The van der Waals surface area contributed by atoms with Crippen LogP contribution in [-0.2, 0) is 109 Å². The molecule has 0 spiro atoms. The second kappa shape index (κ2) is 59.2. The van der Waals surface area contributed by atoms with Crippen molar-refractivity contribution in [3.8, 4) is 0 Å². The van der Waals surface area contributed by atoms with Crippen LogP contribution in [0.5, 0.6) is 0 Å². The lowest BCUT2D eigenvalue weighted by Crippen LogP contribution is -2.65. The average molecular weight is 2010 g/mol. The number of rotatable bonds is 52. The van der Waals surface area contributed by atoms with Crippen molar-refractivity contribution in [2.75, 3.05) is 118 Å². The number of hydrogen-bond acceptors (Lipinski definition) is 49. The molecule has 138 heavy (non-hydrogen) atoms. The van der Waals surface area contributed by atoms with Crippen LogP contribution in [0.4, 0.5) is 0 Å². The van der Waals surface area contributed by atoms with E-state index in [0.717, 1.165) is 9.80 Å². The maximum atomic E-state index is 13.3. The Labute approximate surface area is 792 Å². The van der Waals surface area contributed by atoms with E-state index in [1.165, 1.54) is 13.8 Å². The van der Waals surface area contributed by atoms with Crippen molar-refractivity contribution < 1.29 is 242 Å². The van der Waals surface area contributed by atoms with Gasteiger partial charge in [0.25, 0.3) is 0 Å². The predicted octanol–water partition coefficient (Wildman–Crippen LogP) is -16.8. The number of aliphatic hydroxyl groups excluding tert-OH is 26. The molecule has 1 aliphatic carbocycles. The molecule has 55 heteroatoms. The normalized spacial score (nSPS) is 38.3. The Balaban J connectivity index is 0.000000376. The van der Waals surface area contributed by atoms with Crippen LogP contribution in [0, 0.1) is 5.92 Å². The number of carbonyl (C=O) groups excluding carboxylic acids is 8. The van der Waals surface area contributed by atoms with Crippen LogP contribution in [0.1, 0.15) is 111 Å². The molecule has 7 aliphatic heterocycles. The smallest absolute Gasteiger partial charge is 0.239 e. The number of ether oxygens (including phenoxy) is 15. The van der Waals surface area contributed by atoms with Gasteiger partial charge in [0.05, 0.1) is 97.0 Å². The molecule has 8 aliphatic rings. The summed E-state index contributed by atoms with van der Waals surface area (Å²) in [6.07, 6.45) is -60.5. The molecule has 0 aromatic carbocycles. The molecule has 800 valence electrons. The molecule has 7 heterocycles. The fourth-order valence-corrected chi connectivity index (χ4v) is 16.1. The van der Waals surface area contributed by atoms with Crippen LogP contribution >= 0.6 is 0 Å². The van der Waals surface area contributed by atoms with Gasteiger partial charge in [-0.2, -0.15) is 0 Å². The number of carbonyl (C=O) groups is 8. The Hall–Kier alpha value is -5.48. The SMILES string of the molecule is CCCC(=O)CCCCC(=O)N(CC(=O)CCCO[C@@H]1O[C@@H](C)[C@@H](O)[C@@H](O)[C@@H]1O)CC(=O)NCCO[C@H]1O[C@H](CO[C@H]2O[C@H](CO)[C@@H](O)[C@H](O)[C@@H]2O)[C@@H](O)[C@H](OC2O[C@H](CO)[C@@H](O)[C@H](O)[C@@H]2O)[C@@H]1O.CCNC(=O)CCCCC(=O)N(CC(=O)NCCO[C@@H]1O[C@@H](C)[C@@H](O)[C@@H](O)[C@@H]1O)CC(=O)NCCO[C@H]1O[C@H](CO[C@H]2O[C@H](CO)[C@@H](O)[C@H](O)[C@@H]2O)[C@@H](O)[C@H](O[C@H]2C[C@H](CO)[C@@H](O)[C@H](O)[C@@H]2O)[C@@H]1O. The lowest BCUT2D eigenvalue weighted by Gasteiger charge is -2.46. The predicted molar refractivity (Wildman–Crippen MR) is 452 cm³/mol. The first-order valence-corrected chi connectivity index (χ1v) is 46.1. The summed E-state index contributed by atoms with van der Waals surface area (Å²) in [6, 6.07) is 0. The van der Waals surface area contributed by atoms with Gasteiger partial charge in [0, 0.05) is 77.2 Å². The number of aliphatic hydroxyl groups is 26. The van der Waals surface area contributed by atoms with Crippen LogP contribution in [0.3, 0.4) is 0 Å². The molecule has 0 radical (unpaired) electrons. The molecule has 8 rings (SSSR count). The number of ketones is 2. The Morgan fingerprint density at radius 2 is 0.638 bits per heavy atom. The lowest BCUT2D eigenvalue weighted by atomic mass is 9.81. The van der Waals surface area contributed by atoms with Crippen molar-refractivity contribution in [3.63, 3.8) is 0 Å². The molecule has 0 bridgehead atoms. The van der Waals surface area contributed by atoms with E-state index in [-0.39, 0.29) is 95.9 Å². The zero-order chi connectivity index (χ0) is 102. The van der Waals surface area contributed by atoms with Crippen molar-refractivity contribution in [1.82, 2.24) is 31.1 Å². The molecule has 0 aromatic heterocycles. The first kappa shape index (κ1) is 119. The third-order valence-corrected chi connectivity index (χ3v) is 24.4. The molecular weight excluding hydrogens is 1860 g/mol. The largest absolute Gasteiger partial charge is 0.396 e. The van der Waals surface area contributed by atoms with Gasteiger partial charge >= 0.3 is 0 Å². The molecule has 0 aromatic rings. The Kier molecular flexibility index (Phi) is 51.3. The van der Waals surface area contributed by atoms with Crippen LogP contribution < -0.4 is 21.3 Å². The fraction of sp³-hybridized carbons (Fsp3) is 0.904. The first-order chi connectivity index (χ1) is 65.5. The van der Waals surface area contributed by atoms with E-state index in [9.17, 15) is 171 Å². The van der Waals surface area contributed by atoms with Gasteiger partial charge in [0.1, 0.15) is 190 Å². The Bertz CT molecular complexity index is 3390. The van der Waals surface area contributed by atoms with Crippen LogP contribution in [0.15, 0.2) is 0 Å². The molecule has 1 unspecified atom stereocenters. The molecule has 6 amide bonds. The second-order valence-electron chi connectivity index (χ2n) is 34.9. The molecule has 7 saturated heterocycles. The summed E-state index contributed by atoms with van der Waals surface area (Å²) in [6.45, 7) is -1.58. The van der Waals surface area contributed by atoms with Gasteiger partial charge < -0.3 is 235 Å². The van der Waals surface area contributed by atoms with Crippen LogP contribution in [0.25, 0.3) is 0 Å². The Morgan fingerprint density at radius 3 is 1.04 bits per heavy atom. The summed E-state index contributed by atoms with van der Waals surface area (Å²) in [7, 11) is 0. The number of Topliss-reactive ketones (excluding diaryl/α,β-unsaturated/α-hetero) is 2. The number of hydrogen-bond donors (Lipinski definition) is 30. The van der Waals surface area contributed by atoms with E-state index in [4.69, 9.17) is 71.1 Å². The van der Waals surface area contributed by atoms with E-state index in [1.807, 2.05) is 6.92 Å². The van der Waals surface area contributed by atoms with Crippen molar-refractivity contribution >= 4 is 47.0 Å². The number of unbranched alkanes of at least 4 members (excludes halogenated alkanes) is 2. The van der Waals surface area contributed by atoms with Crippen molar-refractivity contribution in [2.45, 2.75) is 351 Å². The van der Waals surface area contributed by atoms with Crippen molar-refractivity contribution in [1.29, 1.82) is 0 Å². The highest BCUT2D eigenvalue weighted by atomic mass is 16.8. The summed E-state index contributed by atoms with van der Waals surface area (Å²) in [5, 5.41) is 278. The summed E-state index contributed by atoms with van der Waals surface area (Å²) < 4.78 is 83.3. The summed E-state index contributed by atoms with van der Waals surface area (Å²) in [5.41, 5.74) is 0. The molecule has 55 nitrogen and oxygen atoms in total. The molecule has 40 atom stereocenters. The topological polar surface area (TPSA) is 856 Å². The summed E-state index contributed by atoms with van der Waals surface area (Å²) in [5.74, 6) is -4.94. The minimum Gasteiger partial charge on any atom is -0.396 e. The van der Waals surface area contributed by atoms with Crippen LogP contribution in [0.2, 0.25) is 0 Å². The van der Waals surface area contributed by atoms with Crippen molar-refractivity contribution in [2.24, 2.45) is 5.92 Å². The van der Waals surface area contributed by atoms with Gasteiger partial charge in [0.2, 0.25) is 35.4 Å². The number of nitrogens with zero attached hydrogens (tertiary/aromatic N) is 2. The minimum atomic E-state index is -1.97. The molecule has 1 saturated carbocycles. The van der Waals surface area contributed by atoms with Gasteiger partial charge in [-0.1, -0.05) is 6.92 Å². The van der Waals surface area contributed by atoms with Gasteiger partial charge in [-0.25, -0.2) is 0 Å². The van der Waals surface area contributed by atoms with Gasteiger partial charge in [-0.3, -0.25) is 38.4 Å². The fourth-order valence-electron chi connectivity index (χ4n) is 16.1. The standard InChI is InChI=1S/C42H72N2O25.C41H72N4O24/c1-3-7-20(47)8-4-5-10-26(50)44(14-21(48)9-6-12-62-39-34(58)31(55)27(51)19(2)65-39)15-25(49)43-11-13-63-41-37(61)38(69-42-36(60)33(57)29(53)23(17-46)67-42)30(54)24(68-41)18-64-40-35(59)32(56)28(52)22(16-45)66-40;1-3-42-23(48)6-4-5-7-26(51)45(13-24(49)43-8-10-63-39-35(60)32(57)27(52)18(2)66-39)14-25(50)44-9-11-64-41-37(62)38(67-20-12-19(15-46)28(53)33(58)29(20)54)31(56)22(69-41)17-65-40-36(61)34(59)30(55)21(16-47)68-40/h19,22-24,27-42,45-46,51-61H,3-18H2,1-2H3,(H,43,49);18-22,27-41,46-47,52-62H,3-17H2,1-2H3,(H,42,48)(H,43,49)(H,44,50)/t19-,22+,23+,24+,27+,28+,29+,30+,31+,32-,33-,34-,35-,36-,37-,38-,39+,40-,41-,42?;18-,19+,20-,21+,22+,27+,28+,29+,30+,31+,32+,33-,34-,35-,36-,37-,38-,39+,40-,41-/m00/s1. The third kappa shape index (κ3) is 34.3. The van der Waals surface area contributed by atoms with E-state index in [2.05, 4.69) is 21.3 Å². The highest BCUT2D eigenvalue weighted by Crippen LogP contribution is 2.36. The first-order valence-electron chi connectivity index (χ1n) is 46.1. The quantitative estimate of drug-likeness (QED) is 0.0252. The number of amides is 6. The maximum absolute atomic E-state index is 13.3. The molecule has 8 fully saturated rings. The Morgan fingerprint density at radius 1 is 0.297 bits per heavy atom. The monoisotopic (exact) mass is 2010 g/mol. The molecule has 30 N–H and O–H groups in total. The average Bonchev–Trinajstić information content (AvgIpc) is 0.766. The highest BCUT2D eigenvalue weighted by molar-refractivity contribution is 5.90. The zero-order valence-electron chi connectivity index (χ0n) is 76.9. The van der Waals surface area contributed by atoms with Crippen LogP contribution in [-0.4, -0.2) is 547 Å². The molecular formula is C83H144N6O49. The van der Waals surface area contributed by atoms with E-state index < -0.39 is 360 Å². The number of nitrogens with one attached hydrogen (secondary N) is 4. The third-order valence-electron chi connectivity index (χ3n) is 24.4. The van der Waals surface area contributed by atoms with E-state index in [1.54, 1.807) is 6.92 Å². The zero-order valence-corrected chi connectivity index (χ0v) is 76.9. The lowest BCUT2D eigenvalue weighted by molar-refractivity contribution is -0.366. The van der Waals surface area contributed by atoms with Gasteiger partial charge in [-0.05, 0) is 65.7 Å². The minimum absolute atomic E-state index is 0.0446. The highest BCUT2D eigenvalue weighted by Gasteiger charge is 2.56. The van der Waals surface area contributed by atoms with E-state index >= 15 is 0 Å². The van der Waals surface area contributed by atoms with E-state index in [0.29, 0.717) is 38.6 Å². The maximum Gasteiger partial charge on any atom is 0.239 e. The van der Waals surface area contributed by atoms with Gasteiger partial charge in [0.15, 0.2) is 49.8 Å². The second-order valence-corrected chi connectivity index (χ2v) is 34.9.